The zero-order chi connectivity index (χ0) is 13.1. The fraction of sp³-hybridized carbons (Fsp3) is 0.500. The molecule has 0 spiro atoms. The molecule has 3 N–H and O–H groups in total. The van der Waals surface area contributed by atoms with Gasteiger partial charge in [0.1, 0.15) is 0 Å². The number of hydrogen-bond donors (Lipinski definition) is 2. The van der Waals surface area contributed by atoms with E-state index < -0.39 is 0 Å². The summed E-state index contributed by atoms with van der Waals surface area (Å²) in [5.41, 5.74) is 7.03. The van der Waals surface area contributed by atoms with E-state index in [0.29, 0.717) is 17.6 Å². The maximum atomic E-state index is 11.1. The van der Waals surface area contributed by atoms with Crippen molar-refractivity contribution in [3.05, 3.63) is 35.4 Å². The summed E-state index contributed by atoms with van der Waals surface area (Å²) in [6, 6.07) is 8.60. The summed E-state index contributed by atoms with van der Waals surface area (Å²) in [6.45, 7) is 7.33. The molecule has 4 nitrogen and oxygen atoms in total. The summed E-state index contributed by atoms with van der Waals surface area (Å²) in [5.74, 6) is -0.362. The number of nitrogens with zero attached hydrogens (tertiary/aromatic N) is 1. The normalized spacial score (nSPS) is 23.7. The van der Waals surface area contributed by atoms with Crippen molar-refractivity contribution >= 4 is 18.3 Å². The van der Waals surface area contributed by atoms with Crippen LogP contribution in [0.2, 0.25) is 0 Å². The molecule has 0 bridgehead atoms. The first kappa shape index (κ1) is 16.0. The largest absolute Gasteiger partial charge is 0.366 e. The maximum absolute atomic E-state index is 11.1. The number of carbonyl (C=O) groups is 1. The van der Waals surface area contributed by atoms with Crippen LogP contribution in [-0.4, -0.2) is 36.0 Å². The van der Waals surface area contributed by atoms with Gasteiger partial charge in [-0.3, -0.25) is 9.69 Å². The number of nitrogens with one attached hydrogen (secondary N) is 1. The molecule has 0 saturated carbocycles. The van der Waals surface area contributed by atoms with Crippen LogP contribution in [0.1, 0.15) is 29.8 Å². The summed E-state index contributed by atoms with van der Waals surface area (Å²) in [5, 5.41) is 3.51. The first-order chi connectivity index (χ1) is 8.54. The fourth-order valence-electron chi connectivity index (χ4n) is 2.65. The molecule has 1 heterocycles. The van der Waals surface area contributed by atoms with Gasteiger partial charge in [0.05, 0.1) is 0 Å². The number of carbonyl (C=O) groups excluding carboxylic acids is 1. The van der Waals surface area contributed by atoms with Crippen molar-refractivity contribution in [2.45, 2.75) is 32.5 Å². The number of piperazine rings is 1. The van der Waals surface area contributed by atoms with Crippen molar-refractivity contribution in [2.75, 3.05) is 13.1 Å². The Labute approximate surface area is 120 Å². The minimum absolute atomic E-state index is 0. The number of halogens is 1. The molecule has 2 atom stereocenters. The topological polar surface area (TPSA) is 58.4 Å². The number of hydrogen-bond acceptors (Lipinski definition) is 3. The van der Waals surface area contributed by atoms with E-state index in [4.69, 9.17) is 5.73 Å². The summed E-state index contributed by atoms with van der Waals surface area (Å²) in [6.07, 6.45) is 0. The zero-order valence-electron chi connectivity index (χ0n) is 11.4. The third-order valence-electron chi connectivity index (χ3n) is 3.25. The molecular formula is C14H22ClN3O. The van der Waals surface area contributed by atoms with Gasteiger partial charge >= 0.3 is 0 Å². The second kappa shape index (κ2) is 6.89. The van der Waals surface area contributed by atoms with Gasteiger partial charge in [0.15, 0.2) is 0 Å². The van der Waals surface area contributed by atoms with Crippen LogP contribution in [0.5, 0.6) is 0 Å². The molecule has 2 unspecified atom stereocenters. The van der Waals surface area contributed by atoms with Crippen molar-refractivity contribution in [1.82, 2.24) is 10.2 Å². The molecule has 1 fully saturated rings. The Morgan fingerprint density at radius 1 is 1.37 bits per heavy atom. The third kappa shape index (κ3) is 4.49. The molecule has 1 aromatic rings. The van der Waals surface area contributed by atoms with E-state index in [9.17, 15) is 4.79 Å². The molecule has 5 heteroatoms. The summed E-state index contributed by atoms with van der Waals surface area (Å²) < 4.78 is 0. The average Bonchev–Trinajstić information content (AvgIpc) is 2.27. The number of amides is 1. The number of rotatable bonds is 3. The summed E-state index contributed by atoms with van der Waals surface area (Å²) in [7, 11) is 0. The third-order valence-corrected chi connectivity index (χ3v) is 3.25. The standard InChI is InChI=1S/C14H21N3O.ClH/c1-10-7-17(8-11(2)16-10)9-12-4-3-5-13(6-12)14(15)18;/h3-6,10-11,16H,7-9H2,1-2H3,(H2,15,18);1H. The van der Waals surface area contributed by atoms with Crippen LogP contribution in [0.15, 0.2) is 24.3 Å². The monoisotopic (exact) mass is 283 g/mol. The van der Waals surface area contributed by atoms with E-state index in [2.05, 4.69) is 24.1 Å². The van der Waals surface area contributed by atoms with Crippen LogP contribution in [0.3, 0.4) is 0 Å². The second-order valence-electron chi connectivity index (χ2n) is 5.23. The van der Waals surface area contributed by atoms with Crippen LogP contribution in [0, 0.1) is 0 Å². The molecule has 1 aliphatic rings. The Balaban J connectivity index is 0.00000180. The Kier molecular flexibility index (Phi) is 5.79. The van der Waals surface area contributed by atoms with Gasteiger partial charge in [0.25, 0.3) is 0 Å². The molecule has 0 aliphatic carbocycles. The van der Waals surface area contributed by atoms with Gasteiger partial charge in [0, 0.05) is 37.3 Å². The van der Waals surface area contributed by atoms with Gasteiger partial charge in [-0.25, -0.2) is 0 Å². The number of benzene rings is 1. The van der Waals surface area contributed by atoms with Gasteiger partial charge < -0.3 is 11.1 Å². The molecule has 0 radical (unpaired) electrons. The van der Waals surface area contributed by atoms with E-state index in [-0.39, 0.29) is 18.3 Å². The van der Waals surface area contributed by atoms with Crippen molar-refractivity contribution in [1.29, 1.82) is 0 Å². The SMILES string of the molecule is CC1CN(Cc2cccc(C(N)=O)c2)CC(C)N1.Cl. The highest BCUT2D eigenvalue weighted by molar-refractivity contribution is 5.92. The van der Waals surface area contributed by atoms with Gasteiger partial charge in [-0.15, -0.1) is 12.4 Å². The van der Waals surface area contributed by atoms with Crippen molar-refractivity contribution in [3.8, 4) is 0 Å². The van der Waals surface area contributed by atoms with Crippen LogP contribution < -0.4 is 11.1 Å². The maximum Gasteiger partial charge on any atom is 0.248 e. The first-order valence-corrected chi connectivity index (χ1v) is 6.41. The minimum atomic E-state index is -0.362. The Morgan fingerprint density at radius 3 is 2.58 bits per heavy atom. The van der Waals surface area contributed by atoms with Gasteiger partial charge in [-0.1, -0.05) is 12.1 Å². The number of nitrogens with two attached hydrogens (primary N) is 1. The molecule has 1 aromatic carbocycles. The zero-order valence-corrected chi connectivity index (χ0v) is 12.2. The van der Waals surface area contributed by atoms with E-state index in [1.165, 1.54) is 0 Å². The molecule has 0 aromatic heterocycles. The van der Waals surface area contributed by atoms with Gasteiger partial charge in [-0.2, -0.15) is 0 Å². The van der Waals surface area contributed by atoms with Crippen LogP contribution >= 0.6 is 12.4 Å². The second-order valence-corrected chi connectivity index (χ2v) is 5.23. The highest BCUT2D eigenvalue weighted by Gasteiger charge is 2.20. The minimum Gasteiger partial charge on any atom is -0.366 e. The smallest absolute Gasteiger partial charge is 0.248 e. The van der Waals surface area contributed by atoms with Gasteiger partial charge in [-0.05, 0) is 31.5 Å². The lowest BCUT2D eigenvalue weighted by Gasteiger charge is -2.36. The molecule has 106 valence electrons. The lowest BCUT2D eigenvalue weighted by atomic mass is 10.1. The van der Waals surface area contributed by atoms with Crippen molar-refractivity contribution in [2.24, 2.45) is 5.73 Å². The summed E-state index contributed by atoms with van der Waals surface area (Å²) >= 11 is 0. The lowest BCUT2D eigenvalue weighted by Crippen LogP contribution is -2.53. The van der Waals surface area contributed by atoms with E-state index in [1.54, 1.807) is 6.07 Å². The highest BCUT2D eigenvalue weighted by Crippen LogP contribution is 2.11. The van der Waals surface area contributed by atoms with E-state index in [0.717, 1.165) is 25.2 Å². The molecular weight excluding hydrogens is 262 g/mol. The molecule has 1 aliphatic heterocycles. The van der Waals surface area contributed by atoms with Crippen LogP contribution in [0.25, 0.3) is 0 Å². The van der Waals surface area contributed by atoms with E-state index >= 15 is 0 Å². The molecule has 1 saturated heterocycles. The van der Waals surface area contributed by atoms with E-state index in [1.807, 2.05) is 18.2 Å². The first-order valence-electron chi connectivity index (χ1n) is 6.41. The Hall–Kier alpha value is -1.10. The fourth-order valence-corrected chi connectivity index (χ4v) is 2.65. The van der Waals surface area contributed by atoms with Crippen molar-refractivity contribution < 1.29 is 4.79 Å². The number of primary amides is 1. The van der Waals surface area contributed by atoms with Gasteiger partial charge in [0.2, 0.25) is 5.91 Å². The predicted molar refractivity (Wildman–Crippen MR) is 79.5 cm³/mol. The van der Waals surface area contributed by atoms with Crippen molar-refractivity contribution in [3.63, 3.8) is 0 Å². The quantitative estimate of drug-likeness (QED) is 0.881. The molecule has 19 heavy (non-hydrogen) atoms. The van der Waals surface area contributed by atoms with Crippen LogP contribution in [0.4, 0.5) is 0 Å². The Morgan fingerprint density at radius 2 is 2.00 bits per heavy atom. The highest BCUT2D eigenvalue weighted by atomic mass is 35.5. The molecule has 2 rings (SSSR count). The lowest BCUT2D eigenvalue weighted by molar-refractivity contribution is 0.1000. The summed E-state index contributed by atoms with van der Waals surface area (Å²) in [4.78, 5) is 13.6. The average molecular weight is 284 g/mol. The predicted octanol–water partition coefficient (Wildman–Crippen LogP) is 1.39. The Bertz CT molecular complexity index is 428. The molecule has 1 amide bonds. The van der Waals surface area contributed by atoms with Crippen LogP contribution in [-0.2, 0) is 6.54 Å².